The molecule has 2 heterocycles. The van der Waals surface area contributed by atoms with Gasteiger partial charge in [-0.15, -0.1) is 0 Å². The molecule has 0 aliphatic carbocycles. The Morgan fingerprint density at radius 2 is 2.10 bits per heavy atom. The fourth-order valence-corrected chi connectivity index (χ4v) is 3.63. The molecule has 1 unspecified atom stereocenters. The molecule has 1 aromatic heterocycles. The summed E-state index contributed by atoms with van der Waals surface area (Å²) in [6, 6.07) is 8.60. The maximum Gasteiger partial charge on any atom is 0.148 e. The molecule has 2 aromatic rings. The Balaban J connectivity index is 1.89. The van der Waals surface area contributed by atoms with Crippen molar-refractivity contribution in [1.82, 2.24) is 9.88 Å². The van der Waals surface area contributed by atoms with Crippen LogP contribution in [0.25, 0.3) is 10.9 Å². The van der Waals surface area contributed by atoms with Gasteiger partial charge in [0.2, 0.25) is 0 Å². The summed E-state index contributed by atoms with van der Waals surface area (Å²) >= 11 is 0. The van der Waals surface area contributed by atoms with E-state index in [9.17, 15) is 8.42 Å². The molecule has 1 aromatic carbocycles. The number of nitrogens with zero attached hydrogens (tertiary/aromatic N) is 1. The van der Waals surface area contributed by atoms with Crippen LogP contribution < -0.4 is 0 Å². The lowest BCUT2D eigenvalue weighted by atomic mass is 9.98. The minimum Gasteiger partial charge on any atom is -0.357 e. The van der Waals surface area contributed by atoms with Crippen LogP contribution >= 0.6 is 0 Å². The van der Waals surface area contributed by atoms with Crippen LogP contribution in [0.15, 0.2) is 24.3 Å². The molecule has 20 heavy (non-hydrogen) atoms. The van der Waals surface area contributed by atoms with Crippen LogP contribution in [0.5, 0.6) is 0 Å². The van der Waals surface area contributed by atoms with Crippen molar-refractivity contribution in [2.75, 3.05) is 25.1 Å². The minimum atomic E-state index is -2.90. The topological polar surface area (TPSA) is 53.2 Å². The SMILES string of the molecule is CC1c2[nH]c3ccccc3c2CCN1CCS(C)(=O)=O. The van der Waals surface area contributed by atoms with Gasteiger partial charge in [0, 0.05) is 42.0 Å². The predicted octanol–water partition coefficient (Wildman–Crippen LogP) is 2.13. The summed E-state index contributed by atoms with van der Waals surface area (Å²) in [5.41, 5.74) is 3.81. The Kier molecular flexibility index (Phi) is 3.34. The molecule has 1 N–H and O–H groups in total. The number of sulfone groups is 1. The fraction of sp³-hybridized carbons (Fsp3) is 0.467. The molecule has 5 heteroatoms. The van der Waals surface area contributed by atoms with Crippen LogP contribution in [0.3, 0.4) is 0 Å². The first-order valence-electron chi connectivity index (χ1n) is 6.97. The van der Waals surface area contributed by atoms with Crippen LogP contribution in [0.1, 0.15) is 24.2 Å². The molecule has 0 radical (unpaired) electrons. The van der Waals surface area contributed by atoms with E-state index in [-0.39, 0.29) is 11.8 Å². The maximum atomic E-state index is 11.3. The van der Waals surface area contributed by atoms with E-state index >= 15 is 0 Å². The minimum absolute atomic E-state index is 0.229. The lowest BCUT2D eigenvalue weighted by Gasteiger charge is -2.33. The van der Waals surface area contributed by atoms with E-state index in [1.807, 2.05) is 6.07 Å². The number of para-hydroxylation sites is 1. The number of benzene rings is 1. The number of aromatic amines is 1. The van der Waals surface area contributed by atoms with Gasteiger partial charge in [0.15, 0.2) is 0 Å². The normalized spacial score (nSPS) is 20.2. The lowest BCUT2D eigenvalue weighted by molar-refractivity contribution is 0.208. The van der Waals surface area contributed by atoms with Gasteiger partial charge >= 0.3 is 0 Å². The zero-order valence-corrected chi connectivity index (χ0v) is 12.7. The molecule has 4 nitrogen and oxygen atoms in total. The van der Waals surface area contributed by atoms with Crippen LogP contribution in [0.2, 0.25) is 0 Å². The summed E-state index contributed by atoms with van der Waals surface area (Å²) in [7, 11) is -2.90. The second kappa shape index (κ2) is 4.90. The standard InChI is InChI=1S/C15H20N2O2S/c1-11-15-13(12-5-3-4-6-14(12)16-15)7-8-17(11)9-10-20(2,18)19/h3-6,11,16H,7-10H2,1-2H3. The first-order chi connectivity index (χ1) is 9.46. The lowest BCUT2D eigenvalue weighted by Crippen LogP contribution is -2.37. The van der Waals surface area contributed by atoms with Crippen molar-refractivity contribution in [3.05, 3.63) is 35.5 Å². The summed E-state index contributed by atoms with van der Waals surface area (Å²) in [5.74, 6) is 0.229. The molecule has 1 aliphatic heterocycles. The molecule has 0 saturated heterocycles. The maximum absolute atomic E-state index is 11.3. The number of hydrogen-bond acceptors (Lipinski definition) is 3. The Morgan fingerprint density at radius 1 is 1.35 bits per heavy atom. The van der Waals surface area contributed by atoms with Gasteiger partial charge in [0.1, 0.15) is 9.84 Å². The molecule has 1 atom stereocenters. The van der Waals surface area contributed by atoms with Crippen molar-refractivity contribution in [3.63, 3.8) is 0 Å². The number of rotatable bonds is 3. The molecule has 108 valence electrons. The van der Waals surface area contributed by atoms with Crippen molar-refractivity contribution in [1.29, 1.82) is 0 Å². The highest BCUT2D eigenvalue weighted by Gasteiger charge is 2.27. The van der Waals surface area contributed by atoms with Crippen molar-refractivity contribution in [2.24, 2.45) is 0 Å². The van der Waals surface area contributed by atoms with Crippen molar-refractivity contribution in [2.45, 2.75) is 19.4 Å². The van der Waals surface area contributed by atoms with Crippen LogP contribution in [-0.2, 0) is 16.3 Å². The van der Waals surface area contributed by atoms with E-state index in [1.54, 1.807) is 0 Å². The number of H-pyrrole nitrogens is 1. The highest BCUT2D eigenvalue weighted by molar-refractivity contribution is 7.90. The molecule has 0 bridgehead atoms. The van der Waals surface area contributed by atoms with E-state index in [4.69, 9.17) is 0 Å². The Hall–Kier alpha value is -1.33. The van der Waals surface area contributed by atoms with Gasteiger partial charge in [-0.05, 0) is 25.0 Å². The van der Waals surface area contributed by atoms with Crippen LogP contribution in [0.4, 0.5) is 0 Å². The highest BCUT2D eigenvalue weighted by atomic mass is 32.2. The first kappa shape index (κ1) is 13.6. The monoisotopic (exact) mass is 292 g/mol. The van der Waals surface area contributed by atoms with Gasteiger partial charge in [-0.25, -0.2) is 8.42 Å². The van der Waals surface area contributed by atoms with Crippen molar-refractivity contribution in [3.8, 4) is 0 Å². The number of aromatic nitrogens is 1. The second-order valence-electron chi connectivity index (χ2n) is 5.65. The van der Waals surface area contributed by atoms with Gasteiger partial charge in [-0.1, -0.05) is 18.2 Å². The number of fused-ring (bicyclic) bond motifs is 3. The summed E-state index contributed by atoms with van der Waals surface area (Å²) in [6.07, 6.45) is 2.28. The highest BCUT2D eigenvalue weighted by Crippen LogP contribution is 2.33. The molecule has 0 spiro atoms. The average Bonchev–Trinajstić information content (AvgIpc) is 2.77. The molecular weight excluding hydrogens is 272 g/mol. The summed E-state index contributed by atoms with van der Waals surface area (Å²) in [4.78, 5) is 5.75. The third-order valence-corrected chi connectivity index (χ3v) is 5.13. The van der Waals surface area contributed by atoms with Gasteiger partial charge in [0.25, 0.3) is 0 Å². The van der Waals surface area contributed by atoms with Crippen LogP contribution in [0, 0.1) is 0 Å². The average molecular weight is 292 g/mol. The summed E-state index contributed by atoms with van der Waals surface area (Å²) < 4.78 is 22.7. The quantitative estimate of drug-likeness (QED) is 0.943. The van der Waals surface area contributed by atoms with Crippen molar-refractivity contribution >= 4 is 20.7 Å². The third-order valence-electron chi connectivity index (χ3n) is 4.21. The third kappa shape index (κ3) is 2.47. The number of nitrogens with one attached hydrogen (secondary N) is 1. The first-order valence-corrected chi connectivity index (χ1v) is 9.03. The Morgan fingerprint density at radius 3 is 2.85 bits per heavy atom. The molecule has 3 rings (SSSR count). The second-order valence-corrected chi connectivity index (χ2v) is 7.91. The van der Waals surface area contributed by atoms with E-state index in [2.05, 4.69) is 35.0 Å². The molecular formula is C15H20N2O2S. The number of hydrogen-bond donors (Lipinski definition) is 1. The summed E-state index contributed by atoms with van der Waals surface area (Å²) in [5, 5.41) is 1.30. The smallest absolute Gasteiger partial charge is 0.148 e. The largest absolute Gasteiger partial charge is 0.357 e. The van der Waals surface area contributed by atoms with Gasteiger partial charge < -0.3 is 4.98 Å². The zero-order chi connectivity index (χ0) is 14.3. The van der Waals surface area contributed by atoms with E-state index < -0.39 is 9.84 Å². The fourth-order valence-electron chi connectivity index (χ4n) is 3.07. The zero-order valence-electron chi connectivity index (χ0n) is 11.9. The predicted molar refractivity (Wildman–Crippen MR) is 81.7 cm³/mol. The molecule has 0 amide bonds. The Labute approximate surface area is 119 Å². The molecule has 0 saturated carbocycles. The van der Waals surface area contributed by atoms with Gasteiger partial charge in [-0.2, -0.15) is 0 Å². The molecule has 0 fully saturated rings. The van der Waals surface area contributed by atoms with Gasteiger partial charge in [-0.3, -0.25) is 4.90 Å². The van der Waals surface area contributed by atoms with E-state index in [0.717, 1.165) is 13.0 Å². The summed E-state index contributed by atoms with van der Waals surface area (Å²) in [6.45, 7) is 3.68. The van der Waals surface area contributed by atoms with Crippen molar-refractivity contribution < 1.29 is 8.42 Å². The Bertz CT molecular complexity index is 733. The van der Waals surface area contributed by atoms with E-state index in [0.29, 0.717) is 6.54 Å². The van der Waals surface area contributed by atoms with Crippen LogP contribution in [-0.4, -0.2) is 43.4 Å². The van der Waals surface area contributed by atoms with Gasteiger partial charge in [0.05, 0.1) is 5.75 Å². The molecule has 1 aliphatic rings. The van der Waals surface area contributed by atoms with E-state index in [1.165, 1.54) is 28.4 Å².